The molecule has 0 bridgehead atoms. The third-order valence-electron chi connectivity index (χ3n) is 15.0. The first-order valence-electron chi connectivity index (χ1n) is 24.8. The number of benzene rings is 11. The van der Waals surface area contributed by atoms with E-state index >= 15 is 0 Å². The number of nitrogens with zero attached hydrogens (tertiary/aromatic N) is 3. The lowest BCUT2D eigenvalue weighted by atomic mass is 9.91. The number of rotatable bonds is 5. The molecule has 0 saturated heterocycles. The minimum atomic E-state index is -0.0133. The van der Waals surface area contributed by atoms with Gasteiger partial charge in [0.15, 0.2) is 5.84 Å². The van der Waals surface area contributed by atoms with Gasteiger partial charge in [-0.2, -0.15) is 0 Å². The SMILES string of the molecule is CC1C/C=C(\c2ccc(-c3ccccc3)cc2)N=C(c2cccc3c2sc2ccccc23)N=C1c1cc2c(cc1-n1c3cc4ccccc4cc3c3cc4ccccc4cc31)oc1cc3ccccc3cc12. The predicted molar refractivity (Wildman–Crippen MR) is 307 cm³/mol. The Bertz CT molecular complexity index is 4570. The molecule has 1 aliphatic heterocycles. The van der Waals surface area contributed by atoms with Gasteiger partial charge in [0.2, 0.25) is 0 Å². The quantitative estimate of drug-likeness (QED) is 0.170. The van der Waals surface area contributed by atoms with Gasteiger partial charge in [-0.15, -0.1) is 11.3 Å². The lowest BCUT2D eigenvalue weighted by molar-refractivity contribution is 0.669. The third-order valence-corrected chi connectivity index (χ3v) is 16.2. The molecule has 1 aliphatic rings. The van der Waals surface area contributed by atoms with Crippen LogP contribution in [0.1, 0.15) is 30.0 Å². The average Bonchev–Trinajstić information content (AvgIpc) is 4.08. The molecule has 15 rings (SSSR count). The number of amidine groups is 1. The highest BCUT2D eigenvalue weighted by molar-refractivity contribution is 7.26. The molecule has 0 spiro atoms. The Balaban J connectivity index is 1.04. The molecule has 4 nitrogen and oxygen atoms in total. The zero-order chi connectivity index (χ0) is 47.4. The molecule has 0 saturated carbocycles. The van der Waals surface area contributed by atoms with Gasteiger partial charge in [0.25, 0.3) is 0 Å². The largest absolute Gasteiger partial charge is 0.456 e. The Morgan fingerprint density at radius 3 is 1.68 bits per heavy atom. The monoisotopic (exact) mass is 937 g/mol. The van der Waals surface area contributed by atoms with Crippen LogP contribution in [0.5, 0.6) is 0 Å². The van der Waals surface area contributed by atoms with Crippen LogP contribution in [-0.4, -0.2) is 16.1 Å². The lowest BCUT2D eigenvalue weighted by Crippen LogP contribution is -2.19. The molecule has 0 radical (unpaired) electrons. The molecular weight excluding hydrogens is 895 g/mol. The van der Waals surface area contributed by atoms with Gasteiger partial charge in [-0.3, -0.25) is 0 Å². The number of allylic oxidation sites excluding steroid dienone is 1. The molecule has 0 fully saturated rings. The summed E-state index contributed by atoms with van der Waals surface area (Å²) in [4.78, 5) is 11.6. The summed E-state index contributed by atoms with van der Waals surface area (Å²) in [5, 5.41) is 14.1. The van der Waals surface area contributed by atoms with Crippen molar-refractivity contribution < 1.29 is 4.42 Å². The second-order valence-electron chi connectivity index (χ2n) is 19.3. The summed E-state index contributed by atoms with van der Waals surface area (Å²) in [5.41, 5.74) is 12.4. The number of hydrogen-bond donors (Lipinski definition) is 0. The molecule has 1 unspecified atom stereocenters. The van der Waals surface area contributed by atoms with Crippen molar-refractivity contribution in [3.05, 3.63) is 241 Å². The normalized spacial score (nSPS) is 15.2. The van der Waals surface area contributed by atoms with Crippen LogP contribution < -0.4 is 0 Å². The molecule has 338 valence electrons. The van der Waals surface area contributed by atoms with Crippen molar-refractivity contribution in [3.8, 4) is 16.8 Å². The van der Waals surface area contributed by atoms with Gasteiger partial charge in [-0.05, 0) is 110 Å². The average molecular weight is 938 g/mol. The van der Waals surface area contributed by atoms with Crippen molar-refractivity contribution in [3.63, 3.8) is 0 Å². The van der Waals surface area contributed by atoms with Gasteiger partial charge in [0.05, 0.1) is 28.1 Å². The number of aliphatic imine (C=N–C) groups is 2. The van der Waals surface area contributed by atoms with Crippen LogP contribution in [0.15, 0.2) is 239 Å². The number of aromatic nitrogens is 1. The van der Waals surface area contributed by atoms with Crippen LogP contribution in [0.4, 0.5) is 0 Å². The van der Waals surface area contributed by atoms with Gasteiger partial charge < -0.3 is 8.98 Å². The van der Waals surface area contributed by atoms with Crippen LogP contribution >= 0.6 is 11.3 Å². The van der Waals surface area contributed by atoms with E-state index in [0.717, 1.165) is 78.6 Å². The molecule has 4 heterocycles. The van der Waals surface area contributed by atoms with Gasteiger partial charge in [-0.1, -0.05) is 171 Å². The predicted octanol–water partition coefficient (Wildman–Crippen LogP) is 18.5. The Morgan fingerprint density at radius 1 is 0.444 bits per heavy atom. The molecular formula is C67H43N3OS. The van der Waals surface area contributed by atoms with E-state index in [1.54, 1.807) is 0 Å². The third kappa shape index (κ3) is 6.51. The molecule has 3 aromatic heterocycles. The summed E-state index contributed by atoms with van der Waals surface area (Å²) in [6, 6.07) is 79.3. The standard InChI is InChI=1S/C67H43N3OS/c1-40-26-31-58(43-29-27-42(28-30-43)41-14-3-2-4-15-41)68-67(52-24-13-23-51-50-22-11-12-25-64(50)72-66(51)52)69-65(40)57-38-56-55-34-46-18-7-10-21-49(46)37-62(55)71-63(56)39-61(57)70-59-35-47-19-8-5-16-44(47)32-53(59)54-33-45-17-6-9-20-48(45)36-60(54)70/h2-25,27-40H,26H2,1H3/b58-31+,68-67?,69-65?. The minimum absolute atomic E-state index is 0.0133. The van der Waals surface area contributed by atoms with Crippen molar-refractivity contribution in [2.45, 2.75) is 13.3 Å². The fraction of sp³-hybridized carbons (Fsp3) is 0.0448. The summed E-state index contributed by atoms with van der Waals surface area (Å²) in [6.07, 6.45) is 3.06. The van der Waals surface area contributed by atoms with Crippen molar-refractivity contribution in [1.82, 2.24) is 4.57 Å². The fourth-order valence-electron chi connectivity index (χ4n) is 11.4. The highest BCUT2D eigenvalue weighted by atomic mass is 32.1. The second kappa shape index (κ2) is 16.1. The van der Waals surface area contributed by atoms with Gasteiger partial charge in [-0.25, -0.2) is 9.98 Å². The molecule has 0 aliphatic carbocycles. The van der Waals surface area contributed by atoms with Gasteiger partial charge in [0, 0.05) is 64.8 Å². The summed E-state index contributed by atoms with van der Waals surface area (Å²) >= 11 is 1.81. The van der Waals surface area contributed by atoms with E-state index in [1.165, 1.54) is 69.0 Å². The molecule has 14 aromatic rings. The summed E-state index contributed by atoms with van der Waals surface area (Å²) in [5.74, 6) is 0.682. The molecule has 0 amide bonds. The van der Waals surface area contributed by atoms with Crippen molar-refractivity contribution in [2.24, 2.45) is 15.9 Å². The number of fused-ring (bicyclic) bond motifs is 12. The summed E-state index contributed by atoms with van der Waals surface area (Å²) in [6.45, 7) is 2.33. The molecule has 5 heteroatoms. The van der Waals surface area contributed by atoms with Crippen LogP contribution in [0.3, 0.4) is 0 Å². The van der Waals surface area contributed by atoms with Crippen LogP contribution in [0.2, 0.25) is 0 Å². The van der Waals surface area contributed by atoms with E-state index in [0.29, 0.717) is 5.84 Å². The van der Waals surface area contributed by atoms with E-state index < -0.39 is 0 Å². The van der Waals surface area contributed by atoms with Crippen molar-refractivity contribution in [1.29, 1.82) is 0 Å². The Labute approximate surface area is 418 Å². The van der Waals surface area contributed by atoms with E-state index in [-0.39, 0.29) is 5.92 Å². The molecule has 1 atom stereocenters. The highest BCUT2D eigenvalue weighted by Gasteiger charge is 2.27. The number of hydrogen-bond acceptors (Lipinski definition) is 4. The van der Waals surface area contributed by atoms with E-state index in [4.69, 9.17) is 14.4 Å². The summed E-state index contributed by atoms with van der Waals surface area (Å²) in [7, 11) is 0. The maximum absolute atomic E-state index is 6.96. The van der Waals surface area contributed by atoms with Gasteiger partial charge in [0.1, 0.15) is 11.2 Å². The van der Waals surface area contributed by atoms with Crippen LogP contribution in [0, 0.1) is 5.92 Å². The topological polar surface area (TPSA) is 42.8 Å². The van der Waals surface area contributed by atoms with Crippen molar-refractivity contribution >= 4 is 125 Å². The van der Waals surface area contributed by atoms with E-state index in [2.05, 4.69) is 236 Å². The van der Waals surface area contributed by atoms with E-state index in [9.17, 15) is 0 Å². The first-order chi connectivity index (χ1) is 35.6. The molecule has 0 N–H and O–H groups in total. The molecule has 11 aromatic carbocycles. The zero-order valence-electron chi connectivity index (χ0n) is 39.3. The Kier molecular flexibility index (Phi) is 9.14. The maximum Gasteiger partial charge on any atom is 0.161 e. The molecule has 72 heavy (non-hydrogen) atoms. The van der Waals surface area contributed by atoms with E-state index in [1.807, 2.05) is 11.3 Å². The lowest BCUT2D eigenvalue weighted by Gasteiger charge is -2.22. The first kappa shape index (κ1) is 40.9. The fourth-order valence-corrected chi connectivity index (χ4v) is 12.6. The highest BCUT2D eigenvalue weighted by Crippen LogP contribution is 2.43. The second-order valence-corrected chi connectivity index (χ2v) is 20.4. The summed E-state index contributed by atoms with van der Waals surface area (Å²) < 4.78 is 11.9. The van der Waals surface area contributed by atoms with Gasteiger partial charge >= 0.3 is 0 Å². The number of furan rings is 1. The zero-order valence-corrected chi connectivity index (χ0v) is 40.1. The first-order valence-corrected chi connectivity index (χ1v) is 25.6. The Hall–Kier alpha value is -8.90. The Morgan fingerprint density at radius 2 is 0.986 bits per heavy atom. The van der Waals surface area contributed by atoms with Crippen molar-refractivity contribution in [2.75, 3.05) is 0 Å². The smallest absolute Gasteiger partial charge is 0.161 e. The van der Waals surface area contributed by atoms with Crippen LogP contribution in [-0.2, 0) is 0 Å². The number of thiophene rings is 1. The maximum atomic E-state index is 6.96. The van der Waals surface area contributed by atoms with Crippen LogP contribution in [0.25, 0.3) is 119 Å². The minimum Gasteiger partial charge on any atom is -0.456 e.